The van der Waals surface area contributed by atoms with Crippen molar-refractivity contribution in [2.45, 2.75) is 6.54 Å². The van der Waals surface area contributed by atoms with Crippen molar-refractivity contribution in [3.05, 3.63) is 54.1 Å². The average Bonchev–Trinajstić information content (AvgIpc) is 2.41. The number of anilines is 2. The van der Waals surface area contributed by atoms with Crippen molar-refractivity contribution < 1.29 is 9.90 Å². The number of aromatic hydroxyl groups is 1. The highest BCUT2D eigenvalue weighted by Gasteiger charge is 2.03. The van der Waals surface area contributed by atoms with Gasteiger partial charge in [0, 0.05) is 17.9 Å². The topological polar surface area (TPSA) is 87.4 Å². The van der Waals surface area contributed by atoms with Gasteiger partial charge in [0.15, 0.2) is 0 Å². The quantitative estimate of drug-likeness (QED) is 0.637. The van der Waals surface area contributed by atoms with E-state index in [4.69, 9.17) is 10.8 Å². The van der Waals surface area contributed by atoms with E-state index in [-0.39, 0.29) is 11.8 Å². The number of carbonyl (C=O) groups is 1. The maximum absolute atomic E-state index is 11.8. The molecule has 98 valence electrons. The first kappa shape index (κ1) is 12.9. The highest BCUT2D eigenvalue weighted by molar-refractivity contribution is 5.99. The highest BCUT2D eigenvalue weighted by atomic mass is 16.3. The van der Waals surface area contributed by atoms with Crippen LogP contribution in [0, 0.1) is 0 Å². The van der Waals surface area contributed by atoms with Gasteiger partial charge in [-0.25, -0.2) is 4.79 Å². The van der Waals surface area contributed by atoms with E-state index in [0.717, 1.165) is 5.56 Å². The number of phenols is 1. The summed E-state index contributed by atoms with van der Waals surface area (Å²) in [5.41, 5.74) is 7.76. The van der Waals surface area contributed by atoms with Gasteiger partial charge in [-0.05, 0) is 42.0 Å². The molecule has 0 aliphatic rings. The first-order valence-electron chi connectivity index (χ1n) is 5.83. The predicted molar refractivity (Wildman–Crippen MR) is 75.1 cm³/mol. The Balaban J connectivity index is 1.99. The lowest BCUT2D eigenvalue weighted by atomic mass is 10.2. The summed E-state index contributed by atoms with van der Waals surface area (Å²) in [7, 11) is 0. The van der Waals surface area contributed by atoms with Crippen LogP contribution in [0.3, 0.4) is 0 Å². The SMILES string of the molecule is NCc1cccc(NC(=O)Nc2ccc(O)cc2)c1. The molecule has 2 amide bonds. The number of nitrogens with two attached hydrogens (primary N) is 1. The second-order valence-corrected chi connectivity index (χ2v) is 4.03. The molecule has 0 unspecified atom stereocenters. The molecule has 2 aromatic rings. The van der Waals surface area contributed by atoms with Crippen molar-refractivity contribution in [3.63, 3.8) is 0 Å². The minimum Gasteiger partial charge on any atom is -0.508 e. The summed E-state index contributed by atoms with van der Waals surface area (Å²) in [6, 6.07) is 13.2. The fraction of sp³-hybridized carbons (Fsp3) is 0.0714. The molecular formula is C14H15N3O2. The third-order valence-corrected chi connectivity index (χ3v) is 2.55. The fourth-order valence-corrected chi connectivity index (χ4v) is 1.61. The Labute approximate surface area is 111 Å². The molecule has 0 saturated carbocycles. The van der Waals surface area contributed by atoms with E-state index in [1.54, 1.807) is 18.2 Å². The highest BCUT2D eigenvalue weighted by Crippen LogP contribution is 2.15. The van der Waals surface area contributed by atoms with Crippen molar-refractivity contribution in [2.24, 2.45) is 5.73 Å². The van der Waals surface area contributed by atoms with Crippen LogP contribution in [-0.2, 0) is 6.54 Å². The van der Waals surface area contributed by atoms with Gasteiger partial charge in [-0.1, -0.05) is 12.1 Å². The lowest BCUT2D eigenvalue weighted by Crippen LogP contribution is -2.19. The first-order chi connectivity index (χ1) is 9.17. The summed E-state index contributed by atoms with van der Waals surface area (Å²) in [4.78, 5) is 11.8. The molecule has 0 aliphatic carbocycles. The van der Waals surface area contributed by atoms with E-state index in [1.807, 2.05) is 18.2 Å². The summed E-state index contributed by atoms with van der Waals surface area (Å²) < 4.78 is 0. The Hall–Kier alpha value is -2.53. The van der Waals surface area contributed by atoms with Crippen LogP contribution in [-0.4, -0.2) is 11.1 Å². The van der Waals surface area contributed by atoms with Crippen molar-refractivity contribution in [2.75, 3.05) is 10.6 Å². The van der Waals surface area contributed by atoms with Crippen molar-refractivity contribution >= 4 is 17.4 Å². The summed E-state index contributed by atoms with van der Waals surface area (Å²) in [6.07, 6.45) is 0. The largest absolute Gasteiger partial charge is 0.508 e. The van der Waals surface area contributed by atoms with Gasteiger partial charge in [0.25, 0.3) is 0 Å². The van der Waals surface area contributed by atoms with E-state index >= 15 is 0 Å². The van der Waals surface area contributed by atoms with Gasteiger partial charge in [-0.15, -0.1) is 0 Å². The molecule has 0 fully saturated rings. The number of carbonyl (C=O) groups excluding carboxylic acids is 1. The number of benzene rings is 2. The van der Waals surface area contributed by atoms with Gasteiger partial charge in [0.1, 0.15) is 5.75 Å². The maximum atomic E-state index is 11.8. The molecule has 0 bridgehead atoms. The number of nitrogens with one attached hydrogen (secondary N) is 2. The zero-order valence-corrected chi connectivity index (χ0v) is 10.3. The van der Waals surface area contributed by atoms with Crippen LogP contribution in [0.4, 0.5) is 16.2 Å². The average molecular weight is 257 g/mol. The molecule has 2 rings (SSSR count). The van der Waals surface area contributed by atoms with Gasteiger partial charge in [-0.2, -0.15) is 0 Å². The normalized spacial score (nSPS) is 9.95. The minimum absolute atomic E-state index is 0.154. The standard InChI is InChI=1S/C14H15N3O2/c15-9-10-2-1-3-12(8-10)17-14(19)16-11-4-6-13(18)7-5-11/h1-8,18H,9,15H2,(H2,16,17,19). The summed E-state index contributed by atoms with van der Waals surface area (Å²) in [5, 5.41) is 14.5. The van der Waals surface area contributed by atoms with Crippen LogP contribution in [0.1, 0.15) is 5.56 Å². The lowest BCUT2D eigenvalue weighted by Gasteiger charge is -2.08. The molecule has 0 atom stereocenters. The van der Waals surface area contributed by atoms with E-state index in [2.05, 4.69) is 10.6 Å². The maximum Gasteiger partial charge on any atom is 0.323 e. The van der Waals surface area contributed by atoms with Crippen molar-refractivity contribution in [1.82, 2.24) is 0 Å². The van der Waals surface area contributed by atoms with Gasteiger partial charge in [0.2, 0.25) is 0 Å². The van der Waals surface area contributed by atoms with E-state index < -0.39 is 0 Å². The van der Waals surface area contributed by atoms with Crippen LogP contribution >= 0.6 is 0 Å². The molecular weight excluding hydrogens is 242 g/mol. The molecule has 5 nitrogen and oxygen atoms in total. The van der Waals surface area contributed by atoms with Crippen molar-refractivity contribution in [3.8, 4) is 5.75 Å². The van der Waals surface area contributed by atoms with E-state index in [1.165, 1.54) is 12.1 Å². The Kier molecular flexibility index (Phi) is 4.00. The summed E-state index contributed by atoms with van der Waals surface area (Å²) in [5.74, 6) is 0.154. The van der Waals surface area contributed by atoms with Crippen LogP contribution < -0.4 is 16.4 Å². The van der Waals surface area contributed by atoms with Crippen LogP contribution in [0.5, 0.6) is 5.75 Å². The van der Waals surface area contributed by atoms with Crippen molar-refractivity contribution in [1.29, 1.82) is 0 Å². The monoisotopic (exact) mass is 257 g/mol. The van der Waals surface area contributed by atoms with Crippen LogP contribution in [0.15, 0.2) is 48.5 Å². The molecule has 0 saturated heterocycles. The lowest BCUT2D eigenvalue weighted by molar-refractivity contribution is 0.262. The van der Waals surface area contributed by atoms with Gasteiger partial charge in [0.05, 0.1) is 0 Å². The van der Waals surface area contributed by atoms with Crippen LogP contribution in [0.2, 0.25) is 0 Å². The number of amides is 2. The molecule has 0 aromatic heterocycles. The molecule has 0 aliphatic heterocycles. The Bertz CT molecular complexity index is 567. The molecule has 5 heteroatoms. The second-order valence-electron chi connectivity index (χ2n) is 4.03. The summed E-state index contributed by atoms with van der Waals surface area (Å²) in [6.45, 7) is 0.426. The zero-order chi connectivity index (χ0) is 13.7. The second kappa shape index (κ2) is 5.88. The third kappa shape index (κ3) is 3.72. The Morgan fingerprint density at radius 3 is 2.42 bits per heavy atom. The van der Waals surface area contributed by atoms with Gasteiger partial charge >= 0.3 is 6.03 Å². The number of hydrogen-bond donors (Lipinski definition) is 4. The number of hydrogen-bond acceptors (Lipinski definition) is 3. The molecule has 19 heavy (non-hydrogen) atoms. The van der Waals surface area contributed by atoms with E-state index in [0.29, 0.717) is 17.9 Å². The molecule has 5 N–H and O–H groups in total. The number of phenolic OH excluding ortho intramolecular Hbond substituents is 1. The molecule has 0 heterocycles. The van der Waals surface area contributed by atoms with Gasteiger partial charge < -0.3 is 21.5 Å². The Morgan fingerprint density at radius 2 is 1.74 bits per heavy atom. The molecule has 0 radical (unpaired) electrons. The summed E-state index contributed by atoms with van der Waals surface area (Å²) >= 11 is 0. The molecule has 0 spiro atoms. The predicted octanol–water partition coefficient (Wildman–Crippen LogP) is 2.49. The van der Waals surface area contributed by atoms with Crippen LogP contribution in [0.25, 0.3) is 0 Å². The molecule has 2 aromatic carbocycles. The Morgan fingerprint density at radius 1 is 1.05 bits per heavy atom. The first-order valence-corrected chi connectivity index (χ1v) is 5.83. The number of rotatable bonds is 3. The minimum atomic E-state index is -0.347. The van der Waals surface area contributed by atoms with E-state index in [9.17, 15) is 4.79 Å². The van der Waals surface area contributed by atoms with Gasteiger partial charge in [-0.3, -0.25) is 0 Å². The number of urea groups is 1. The zero-order valence-electron chi connectivity index (χ0n) is 10.3. The smallest absolute Gasteiger partial charge is 0.323 e. The fourth-order valence-electron chi connectivity index (χ4n) is 1.61. The third-order valence-electron chi connectivity index (χ3n) is 2.55.